The molecule has 1 aliphatic carbocycles. The van der Waals surface area contributed by atoms with Crippen LogP contribution in [0.5, 0.6) is 0 Å². The third kappa shape index (κ3) is 4.96. The quantitative estimate of drug-likeness (QED) is 0.412. The lowest BCUT2D eigenvalue weighted by Gasteiger charge is -2.08. The number of tetrazole rings is 1. The Bertz CT molecular complexity index is 985. The first-order valence-corrected chi connectivity index (χ1v) is 11.1. The highest BCUT2D eigenvalue weighted by Gasteiger charge is 2.20. The van der Waals surface area contributed by atoms with Gasteiger partial charge in [0.1, 0.15) is 0 Å². The first-order valence-electron chi connectivity index (χ1n) is 9.23. The second kappa shape index (κ2) is 8.69. The molecule has 0 radical (unpaired) electrons. The predicted molar refractivity (Wildman–Crippen MR) is 120 cm³/mol. The summed E-state index contributed by atoms with van der Waals surface area (Å²) in [7, 11) is 0. The molecule has 0 bridgehead atoms. The number of aryl methyl sites for hydroxylation is 1. The lowest BCUT2D eigenvalue weighted by atomic mass is 10.1. The van der Waals surface area contributed by atoms with Gasteiger partial charge in [0, 0.05) is 19.2 Å². The lowest BCUT2D eigenvalue weighted by Crippen LogP contribution is -2.12. The number of halogens is 2. The van der Waals surface area contributed by atoms with Crippen LogP contribution in [0.2, 0.25) is 0 Å². The summed E-state index contributed by atoms with van der Waals surface area (Å²) < 4.78 is 1.95. The minimum Gasteiger partial charge on any atom is -0.321 e. The number of hydrogen-bond donors (Lipinski definition) is 1. The third-order valence-electron chi connectivity index (χ3n) is 4.70. The minimum atomic E-state index is -0.162. The lowest BCUT2D eigenvalue weighted by molar-refractivity contribution is 0.102. The Balaban J connectivity index is 1.39. The summed E-state index contributed by atoms with van der Waals surface area (Å²) in [6, 6.07) is 13.0. The molecule has 0 aliphatic heterocycles. The first-order chi connectivity index (χ1) is 13.6. The third-order valence-corrected chi connectivity index (χ3v) is 6.03. The molecule has 28 heavy (non-hydrogen) atoms. The monoisotopic (exact) mass is 551 g/mol. The van der Waals surface area contributed by atoms with Crippen LogP contribution in [0.25, 0.3) is 11.4 Å². The standard InChI is InChI=1S/C20H19BrIN5O/c21-17-12-16(22)9-10-18(17)23-20(28)15-7-5-14(6-8-15)19-24-26-27(25-19)11-1-2-13-3-4-13/h5-10,12-13H,1-4,11H2,(H,23,28). The van der Waals surface area contributed by atoms with E-state index in [1.807, 2.05) is 30.3 Å². The molecule has 6 nitrogen and oxygen atoms in total. The van der Waals surface area contributed by atoms with Crippen LogP contribution in [0.1, 0.15) is 36.0 Å². The predicted octanol–water partition coefficient (Wildman–Crippen LogP) is 5.15. The van der Waals surface area contributed by atoms with Gasteiger partial charge in [-0.15, -0.1) is 10.2 Å². The zero-order valence-electron chi connectivity index (χ0n) is 15.1. The summed E-state index contributed by atoms with van der Waals surface area (Å²) in [6.45, 7) is 0.800. The van der Waals surface area contributed by atoms with Crippen LogP contribution < -0.4 is 5.32 Å². The molecule has 1 amide bonds. The molecule has 8 heteroatoms. The fourth-order valence-corrected chi connectivity index (χ4v) is 4.33. The van der Waals surface area contributed by atoms with Crippen molar-refractivity contribution in [3.63, 3.8) is 0 Å². The number of nitrogens with zero attached hydrogens (tertiary/aromatic N) is 4. The molecule has 0 spiro atoms. The van der Waals surface area contributed by atoms with Gasteiger partial charge in [-0.05, 0) is 92.8 Å². The van der Waals surface area contributed by atoms with Crippen LogP contribution >= 0.6 is 38.5 Å². The van der Waals surface area contributed by atoms with Crippen molar-refractivity contribution in [1.82, 2.24) is 20.2 Å². The molecule has 1 saturated carbocycles. The normalized spacial score (nSPS) is 13.5. The van der Waals surface area contributed by atoms with E-state index in [1.165, 1.54) is 19.3 Å². The number of anilines is 1. The van der Waals surface area contributed by atoms with Gasteiger partial charge in [-0.1, -0.05) is 25.0 Å². The Morgan fingerprint density at radius 1 is 1.21 bits per heavy atom. The molecule has 2 aromatic carbocycles. The van der Waals surface area contributed by atoms with Crippen molar-refractivity contribution in [3.8, 4) is 11.4 Å². The highest BCUT2D eigenvalue weighted by Crippen LogP contribution is 2.33. The van der Waals surface area contributed by atoms with Gasteiger partial charge in [-0.2, -0.15) is 4.80 Å². The van der Waals surface area contributed by atoms with Gasteiger partial charge < -0.3 is 5.32 Å². The molecule has 1 N–H and O–H groups in total. The largest absolute Gasteiger partial charge is 0.321 e. The number of rotatable bonds is 7. The maximum absolute atomic E-state index is 12.5. The summed E-state index contributed by atoms with van der Waals surface area (Å²) >= 11 is 5.71. The van der Waals surface area contributed by atoms with Gasteiger partial charge in [0.2, 0.25) is 5.82 Å². The Kier molecular flexibility index (Phi) is 6.05. The van der Waals surface area contributed by atoms with E-state index in [0.29, 0.717) is 11.4 Å². The fourth-order valence-electron chi connectivity index (χ4n) is 2.94. The average molecular weight is 552 g/mol. The summed E-state index contributed by atoms with van der Waals surface area (Å²) in [4.78, 5) is 14.2. The minimum absolute atomic E-state index is 0.162. The number of carbonyl (C=O) groups excluding carboxylic acids is 1. The van der Waals surface area contributed by atoms with E-state index >= 15 is 0 Å². The van der Waals surface area contributed by atoms with Crippen molar-refractivity contribution in [1.29, 1.82) is 0 Å². The van der Waals surface area contributed by atoms with Crippen molar-refractivity contribution in [3.05, 3.63) is 56.1 Å². The first kappa shape index (κ1) is 19.5. The van der Waals surface area contributed by atoms with Crippen molar-refractivity contribution in [2.45, 2.75) is 32.2 Å². The number of nitrogens with one attached hydrogen (secondary N) is 1. The van der Waals surface area contributed by atoms with E-state index < -0.39 is 0 Å². The SMILES string of the molecule is O=C(Nc1ccc(I)cc1Br)c1ccc(-c2nnn(CCCC3CC3)n2)cc1. The molecule has 0 unspecified atom stereocenters. The van der Waals surface area contributed by atoms with Crippen LogP contribution in [0, 0.1) is 9.49 Å². The van der Waals surface area contributed by atoms with Gasteiger partial charge >= 0.3 is 0 Å². The molecule has 1 fully saturated rings. The highest BCUT2D eigenvalue weighted by atomic mass is 127. The van der Waals surface area contributed by atoms with E-state index in [0.717, 1.165) is 38.2 Å². The number of amides is 1. The molecule has 0 atom stereocenters. The van der Waals surface area contributed by atoms with Gasteiger partial charge in [0.25, 0.3) is 5.91 Å². The van der Waals surface area contributed by atoms with Crippen LogP contribution in [-0.2, 0) is 6.54 Å². The number of carbonyl (C=O) groups is 1. The molecule has 0 saturated heterocycles. The molecule has 4 rings (SSSR count). The van der Waals surface area contributed by atoms with Crippen molar-refractivity contribution < 1.29 is 4.79 Å². The van der Waals surface area contributed by atoms with Gasteiger partial charge in [0.15, 0.2) is 0 Å². The summed E-state index contributed by atoms with van der Waals surface area (Å²) in [5.74, 6) is 1.34. The van der Waals surface area contributed by atoms with Gasteiger partial charge in [0.05, 0.1) is 12.2 Å². The van der Waals surface area contributed by atoms with E-state index in [9.17, 15) is 4.79 Å². The molecule has 1 aliphatic rings. The van der Waals surface area contributed by atoms with Crippen molar-refractivity contribution in [2.24, 2.45) is 5.92 Å². The van der Waals surface area contributed by atoms with Crippen LogP contribution in [0.3, 0.4) is 0 Å². The van der Waals surface area contributed by atoms with E-state index in [1.54, 1.807) is 16.9 Å². The van der Waals surface area contributed by atoms with Gasteiger partial charge in [-0.25, -0.2) is 0 Å². The Labute approximate surface area is 185 Å². The van der Waals surface area contributed by atoms with Crippen LogP contribution in [0.4, 0.5) is 5.69 Å². The number of aromatic nitrogens is 4. The summed E-state index contributed by atoms with van der Waals surface area (Å²) in [5.41, 5.74) is 2.16. The second-order valence-corrected chi connectivity index (χ2v) is 9.05. The molecule has 1 heterocycles. The number of hydrogen-bond acceptors (Lipinski definition) is 4. The summed E-state index contributed by atoms with van der Waals surface area (Å²) in [5, 5.41) is 15.6. The number of benzene rings is 2. The van der Waals surface area contributed by atoms with Crippen LogP contribution in [-0.4, -0.2) is 26.1 Å². The molecular formula is C20H19BrIN5O. The fraction of sp³-hybridized carbons (Fsp3) is 0.300. The van der Waals surface area contributed by atoms with Gasteiger partial charge in [-0.3, -0.25) is 4.79 Å². The molecule has 144 valence electrons. The second-order valence-electron chi connectivity index (χ2n) is 6.95. The molecular weight excluding hydrogens is 533 g/mol. The highest BCUT2D eigenvalue weighted by molar-refractivity contribution is 14.1. The zero-order valence-corrected chi connectivity index (χ0v) is 18.9. The molecule has 3 aromatic rings. The average Bonchev–Trinajstić information content (AvgIpc) is 3.39. The van der Waals surface area contributed by atoms with E-state index in [4.69, 9.17) is 0 Å². The Hall–Kier alpha value is -1.81. The topological polar surface area (TPSA) is 72.7 Å². The van der Waals surface area contributed by atoms with Crippen molar-refractivity contribution in [2.75, 3.05) is 5.32 Å². The maximum Gasteiger partial charge on any atom is 0.255 e. The maximum atomic E-state index is 12.5. The van der Waals surface area contributed by atoms with Crippen molar-refractivity contribution >= 4 is 50.1 Å². The Morgan fingerprint density at radius 2 is 2.00 bits per heavy atom. The van der Waals surface area contributed by atoms with Crippen LogP contribution in [0.15, 0.2) is 46.9 Å². The summed E-state index contributed by atoms with van der Waals surface area (Å²) in [6.07, 6.45) is 5.08. The zero-order chi connectivity index (χ0) is 19.5. The Morgan fingerprint density at radius 3 is 2.71 bits per heavy atom. The van der Waals surface area contributed by atoms with E-state index in [2.05, 4.69) is 59.2 Å². The smallest absolute Gasteiger partial charge is 0.255 e. The van der Waals surface area contributed by atoms with E-state index in [-0.39, 0.29) is 5.91 Å². The molecule has 1 aromatic heterocycles.